The minimum Gasteiger partial charge on any atom is -0.505 e. The molecule has 1 aromatic heterocycles. The molecule has 2 nitrogen and oxygen atoms in total. The Bertz CT molecular complexity index is 393. The zero-order valence-corrected chi connectivity index (χ0v) is 9.11. The molecule has 0 atom stereocenters. The molecule has 1 N–H and O–H groups in total. The van der Waals surface area contributed by atoms with Crippen LogP contribution in [0.5, 0.6) is 5.75 Å². The van der Waals surface area contributed by atoms with Crippen LogP contribution in [0.4, 0.5) is 22.0 Å². The molecule has 0 aliphatic heterocycles. The first kappa shape index (κ1) is 13.1. The average Bonchev–Trinajstić information content (AvgIpc) is 2.14. The van der Waals surface area contributed by atoms with Gasteiger partial charge >= 0.3 is 6.18 Å². The molecule has 0 unspecified atom stereocenters. The minimum atomic E-state index is -4.96. The monoisotopic (exact) mass is 305 g/mol. The van der Waals surface area contributed by atoms with Crippen molar-refractivity contribution in [2.75, 3.05) is 0 Å². The van der Waals surface area contributed by atoms with Crippen molar-refractivity contribution in [3.63, 3.8) is 0 Å². The van der Waals surface area contributed by atoms with Crippen molar-refractivity contribution >= 4 is 15.9 Å². The van der Waals surface area contributed by atoms with Gasteiger partial charge in [-0.05, 0) is 5.56 Å². The SMILES string of the molecule is Oc1c(C(F)(F)F)ncc(CBr)c1C(F)F. The number of nitrogens with zero attached hydrogens (tertiary/aromatic N) is 1. The molecule has 0 spiro atoms. The molecule has 0 bridgehead atoms. The van der Waals surface area contributed by atoms with Gasteiger partial charge in [-0.3, -0.25) is 0 Å². The summed E-state index contributed by atoms with van der Waals surface area (Å²) < 4.78 is 61.7. The number of rotatable bonds is 2. The molecule has 16 heavy (non-hydrogen) atoms. The lowest BCUT2D eigenvalue weighted by Crippen LogP contribution is -2.11. The first-order chi connectivity index (χ1) is 7.29. The maximum Gasteiger partial charge on any atom is 0.437 e. The molecule has 0 aliphatic carbocycles. The fourth-order valence-electron chi connectivity index (χ4n) is 1.11. The van der Waals surface area contributed by atoms with E-state index in [4.69, 9.17) is 5.11 Å². The number of pyridine rings is 1. The van der Waals surface area contributed by atoms with E-state index in [1.807, 2.05) is 0 Å². The summed E-state index contributed by atoms with van der Waals surface area (Å²) in [6.07, 6.45) is -7.49. The molecule has 0 radical (unpaired) electrons. The highest BCUT2D eigenvalue weighted by Gasteiger charge is 2.38. The predicted octanol–water partition coefficient (Wildman–Crippen LogP) is 3.64. The molecule has 1 heterocycles. The number of alkyl halides is 6. The van der Waals surface area contributed by atoms with Crippen LogP contribution in [0, 0.1) is 0 Å². The highest BCUT2D eigenvalue weighted by molar-refractivity contribution is 9.08. The molecule has 0 amide bonds. The molecule has 0 saturated heterocycles. The fraction of sp³-hybridized carbons (Fsp3) is 0.375. The molecule has 0 aliphatic rings. The summed E-state index contributed by atoms with van der Waals surface area (Å²) in [6.45, 7) is 0. The van der Waals surface area contributed by atoms with Crippen molar-refractivity contribution in [1.82, 2.24) is 4.98 Å². The lowest BCUT2D eigenvalue weighted by Gasteiger charge is -2.13. The summed E-state index contributed by atoms with van der Waals surface area (Å²) in [7, 11) is 0. The van der Waals surface area contributed by atoms with E-state index in [0.29, 0.717) is 6.20 Å². The standard InChI is InChI=1S/C8H5BrF5NO/c9-1-3-2-15-6(8(12,13)14)5(16)4(3)7(10)11/h2,7,16H,1H2. The second kappa shape index (κ2) is 4.52. The molecule has 8 heteroatoms. The summed E-state index contributed by atoms with van der Waals surface area (Å²) in [6, 6.07) is 0. The molecule has 90 valence electrons. The van der Waals surface area contributed by atoms with E-state index in [9.17, 15) is 22.0 Å². The Balaban J connectivity index is 3.44. The number of aromatic nitrogens is 1. The third kappa shape index (κ3) is 2.42. The Hall–Kier alpha value is -0.920. The van der Waals surface area contributed by atoms with E-state index in [1.165, 1.54) is 0 Å². The van der Waals surface area contributed by atoms with Crippen LogP contribution in [0.25, 0.3) is 0 Å². The van der Waals surface area contributed by atoms with E-state index < -0.39 is 29.6 Å². The first-order valence-electron chi connectivity index (χ1n) is 3.91. The third-order valence-electron chi connectivity index (χ3n) is 1.81. The van der Waals surface area contributed by atoms with Crippen LogP contribution >= 0.6 is 15.9 Å². The number of halogens is 6. The van der Waals surface area contributed by atoms with Gasteiger partial charge in [-0.1, -0.05) is 15.9 Å². The zero-order valence-electron chi connectivity index (χ0n) is 7.52. The highest BCUT2D eigenvalue weighted by atomic mass is 79.9. The van der Waals surface area contributed by atoms with Crippen molar-refractivity contribution < 1.29 is 27.1 Å². The summed E-state index contributed by atoms with van der Waals surface area (Å²) in [5.41, 5.74) is -2.92. The molecule has 0 aromatic carbocycles. The molecule has 0 fully saturated rings. The van der Waals surface area contributed by atoms with Gasteiger partial charge in [0, 0.05) is 11.5 Å². The zero-order chi connectivity index (χ0) is 12.5. The maximum absolute atomic E-state index is 12.5. The lowest BCUT2D eigenvalue weighted by atomic mass is 10.1. The lowest BCUT2D eigenvalue weighted by molar-refractivity contribution is -0.142. The Morgan fingerprint density at radius 3 is 2.31 bits per heavy atom. The van der Waals surface area contributed by atoms with E-state index in [1.54, 1.807) is 0 Å². The van der Waals surface area contributed by atoms with E-state index in [2.05, 4.69) is 20.9 Å². The van der Waals surface area contributed by atoms with E-state index in [0.717, 1.165) is 0 Å². The highest BCUT2D eigenvalue weighted by Crippen LogP contribution is 2.40. The predicted molar refractivity (Wildman–Crippen MR) is 48.5 cm³/mol. The molecule has 0 saturated carbocycles. The van der Waals surface area contributed by atoms with Crippen LogP contribution in [0.15, 0.2) is 6.20 Å². The van der Waals surface area contributed by atoms with Gasteiger partial charge in [0.05, 0.1) is 5.56 Å². The van der Waals surface area contributed by atoms with Crippen molar-refractivity contribution in [3.8, 4) is 5.75 Å². The van der Waals surface area contributed by atoms with Crippen molar-refractivity contribution in [2.45, 2.75) is 17.9 Å². The van der Waals surface area contributed by atoms with Gasteiger partial charge in [0.2, 0.25) is 0 Å². The van der Waals surface area contributed by atoms with Crippen molar-refractivity contribution in [1.29, 1.82) is 0 Å². The molecule has 1 rings (SSSR count). The Morgan fingerprint density at radius 1 is 1.38 bits per heavy atom. The van der Waals surface area contributed by atoms with Crippen LogP contribution in [-0.4, -0.2) is 10.1 Å². The van der Waals surface area contributed by atoms with Crippen LogP contribution in [0.3, 0.4) is 0 Å². The maximum atomic E-state index is 12.5. The fourth-order valence-corrected chi connectivity index (χ4v) is 1.56. The van der Waals surface area contributed by atoms with Gasteiger partial charge in [0.15, 0.2) is 11.4 Å². The Labute approximate surface area is 95.2 Å². The van der Waals surface area contributed by atoms with Gasteiger partial charge in [-0.25, -0.2) is 13.8 Å². The van der Waals surface area contributed by atoms with Gasteiger partial charge in [-0.15, -0.1) is 0 Å². The van der Waals surface area contributed by atoms with Gasteiger partial charge in [-0.2, -0.15) is 13.2 Å². The Kier molecular flexibility index (Phi) is 3.72. The number of hydrogen-bond donors (Lipinski definition) is 1. The number of aromatic hydroxyl groups is 1. The van der Waals surface area contributed by atoms with Gasteiger partial charge < -0.3 is 5.11 Å². The van der Waals surface area contributed by atoms with Gasteiger partial charge in [0.25, 0.3) is 6.43 Å². The second-order valence-electron chi connectivity index (χ2n) is 2.83. The van der Waals surface area contributed by atoms with Crippen LogP contribution in [-0.2, 0) is 11.5 Å². The number of hydrogen-bond acceptors (Lipinski definition) is 2. The quantitative estimate of drug-likeness (QED) is 0.668. The van der Waals surface area contributed by atoms with E-state index >= 15 is 0 Å². The normalized spacial score (nSPS) is 12.2. The van der Waals surface area contributed by atoms with Crippen molar-refractivity contribution in [2.24, 2.45) is 0 Å². The van der Waals surface area contributed by atoms with Crippen LogP contribution < -0.4 is 0 Å². The van der Waals surface area contributed by atoms with Gasteiger partial charge in [0.1, 0.15) is 0 Å². The van der Waals surface area contributed by atoms with Crippen LogP contribution in [0.2, 0.25) is 0 Å². The largest absolute Gasteiger partial charge is 0.505 e. The van der Waals surface area contributed by atoms with Crippen LogP contribution in [0.1, 0.15) is 23.2 Å². The smallest absolute Gasteiger partial charge is 0.437 e. The second-order valence-corrected chi connectivity index (χ2v) is 3.39. The topological polar surface area (TPSA) is 33.1 Å². The average molecular weight is 306 g/mol. The van der Waals surface area contributed by atoms with Crippen molar-refractivity contribution in [3.05, 3.63) is 23.0 Å². The third-order valence-corrected chi connectivity index (χ3v) is 2.41. The summed E-state index contributed by atoms with van der Waals surface area (Å²) >= 11 is 2.82. The summed E-state index contributed by atoms with van der Waals surface area (Å²) in [5.74, 6) is -1.51. The summed E-state index contributed by atoms with van der Waals surface area (Å²) in [5, 5.41) is 9.00. The minimum absolute atomic E-state index is 0.120. The molecular formula is C8H5BrF5NO. The first-order valence-corrected chi connectivity index (χ1v) is 5.03. The van der Waals surface area contributed by atoms with E-state index in [-0.39, 0.29) is 10.9 Å². The Morgan fingerprint density at radius 2 is 1.94 bits per heavy atom. The molecular weight excluding hydrogens is 301 g/mol. The molecule has 1 aromatic rings. The summed E-state index contributed by atoms with van der Waals surface area (Å²) in [4.78, 5) is 2.93.